The normalized spacial score (nSPS) is 12.2. The topological polar surface area (TPSA) is 38.3 Å². The van der Waals surface area contributed by atoms with Crippen molar-refractivity contribution in [2.75, 3.05) is 0 Å². The zero-order valence-electron chi connectivity index (χ0n) is 12.3. The fourth-order valence-electron chi connectivity index (χ4n) is 1.67. The number of rotatable bonds is 3. The molecular formula is C13H17BF4NO2-. The van der Waals surface area contributed by atoms with Crippen molar-refractivity contribution >= 4 is 18.5 Å². The molecule has 0 saturated carbocycles. The van der Waals surface area contributed by atoms with Gasteiger partial charge in [0.2, 0.25) is 0 Å². The van der Waals surface area contributed by atoms with Crippen LogP contribution >= 0.6 is 0 Å². The number of hydrogen-bond acceptors (Lipinski definition) is 2. The standard InChI is InChI=1S/C13H17BF4NO2/c1-8-5-10(14(16,17)18)11(15)6-9(8)7-19-12(20)21-13(2,3)4/h5-6H,7H2,1-4H3,(H,19,20)/q-1. The third kappa shape index (κ3) is 5.28. The van der Waals surface area contributed by atoms with Crippen molar-refractivity contribution < 1.29 is 26.9 Å². The van der Waals surface area contributed by atoms with Gasteiger partial charge in [-0.2, -0.15) is 0 Å². The average molecular weight is 306 g/mol. The zero-order chi connectivity index (χ0) is 16.4. The molecule has 1 aromatic carbocycles. The van der Waals surface area contributed by atoms with Gasteiger partial charge in [0.1, 0.15) is 5.60 Å². The van der Waals surface area contributed by atoms with Crippen LogP contribution in [0, 0.1) is 12.7 Å². The number of amides is 1. The van der Waals surface area contributed by atoms with Crippen molar-refractivity contribution in [3.05, 3.63) is 29.1 Å². The molecule has 0 unspecified atom stereocenters. The van der Waals surface area contributed by atoms with Crippen molar-refractivity contribution in [3.63, 3.8) is 0 Å². The summed E-state index contributed by atoms with van der Waals surface area (Å²) in [5.74, 6) is -1.34. The summed E-state index contributed by atoms with van der Waals surface area (Å²) in [5, 5.41) is 2.38. The van der Waals surface area contributed by atoms with E-state index >= 15 is 0 Å². The third-order valence-corrected chi connectivity index (χ3v) is 2.63. The maximum atomic E-state index is 13.5. The predicted molar refractivity (Wildman–Crippen MR) is 72.9 cm³/mol. The van der Waals surface area contributed by atoms with Crippen molar-refractivity contribution in [2.24, 2.45) is 0 Å². The molecule has 21 heavy (non-hydrogen) atoms. The minimum absolute atomic E-state index is 0.108. The zero-order valence-corrected chi connectivity index (χ0v) is 12.3. The minimum atomic E-state index is -5.40. The molecule has 0 saturated heterocycles. The lowest BCUT2D eigenvalue weighted by molar-refractivity contribution is 0.0523. The minimum Gasteiger partial charge on any atom is -0.445 e. The van der Waals surface area contributed by atoms with Crippen LogP contribution in [0.2, 0.25) is 0 Å². The van der Waals surface area contributed by atoms with Crippen molar-refractivity contribution in [1.29, 1.82) is 0 Å². The first-order chi connectivity index (χ1) is 9.40. The molecule has 118 valence electrons. The van der Waals surface area contributed by atoms with Gasteiger partial charge in [-0.3, -0.25) is 0 Å². The molecule has 1 aromatic rings. The van der Waals surface area contributed by atoms with Gasteiger partial charge in [-0.1, -0.05) is 11.5 Å². The maximum absolute atomic E-state index is 13.5. The number of nitrogens with one attached hydrogen (secondary N) is 1. The predicted octanol–water partition coefficient (Wildman–Crippen LogP) is 3.21. The summed E-state index contributed by atoms with van der Waals surface area (Å²) in [6, 6.07) is 1.54. The van der Waals surface area contributed by atoms with E-state index in [9.17, 15) is 22.1 Å². The number of ether oxygens (including phenoxy) is 1. The number of halogens is 4. The van der Waals surface area contributed by atoms with Gasteiger partial charge in [0.05, 0.1) is 5.82 Å². The Hall–Kier alpha value is -1.73. The van der Waals surface area contributed by atoms with Gasteiger partial charge in [0.15, 0.2) is 0 Å². The van der Waals surface area contributed by atoms with Crippen LogP contribution in [0.3, 0.4) is 0 Å². The highest BCUT2D eigenvalue weighted by molar-refractivity contribution is 6.73. The highest BCUT2D eigenvalue weighted by Gasteiger charge is 2.29. The Morgan fingerprint density at radius 3 is 2.33 bits per heavy atom. The van der Waals surface area contributed by atoms with Crippen molar-refractivity contribution in [1.82, 2.24) is 5.32 Å². The van der Waals surface area contributed by atoms with E-state index in [1.807, 2.05) is 0 Å². The van der Waals surface area contributed by atoms with Crippen LogP contribution < -0.4 is 10.8 Å². The first kappa shape index (κ1) is 17.3. The SMILES string of the molecule is Cc1cc([B-](F)(F)F)c(F)cc1CNC(=O)OC(C)(C)C. The number of aryl methyl sites for hydroxylation is 1. The Morgan fingerprint density at radius 2 is 1.86 bits per heavy atom. The van der Waals surface area contributed by atoms with E-state index in [4.69, 9.17) is 4.74 Å². The molecule has 0 aromatic heterocycles. The van der Waals surface area contributed by atoms with Crippen LogP contribution in [-0.4, -0.2) is 18.7 Å². The van der Waals surface area contributed by atoms with Gasteiger partial charge >= 0.3 is 13.1 Å². The van der Waals surface area contributed by atoms with Gasteiger partial charge in [0, 0.05) is 6.54 Å². The Kier molecular flexibility index (Phi) is 4.91. The molecular weight excluding hydrogens is 289 g/mol. The second-order valence-electron chi connectivity index (χ2n) is 5.73. The Labute approximate surface area is 120 Å². The summed E-state index contributed by atoms with van der Waals surface area (Å²) >= 11 is 0. The number of alkyl carbamates (subject to hydrolysis) is 1. The molecule has 0 atom stereocenters. The van der Waals surface area contributed by atoms with Crippen LogP contribution in [0.15, 0.2) is 12.1 Å². The Morgan fingerprint density at radius 1 is 1.29 bits per heavy atom. The quantitative estimate of drug-likeness (QED) is 0.688. The van der Waals surface area contributed by atoms with Crippen LogP contribution in [0.25, 0.3) is 0 Å². The second-order valence-corrected chi connectivity index (χ2v) is 5.73. The summed E-state index contributed by atoms with van der Waals surface area (Å²) < 4.78 is 56.2. The van der Waals surface area contributed by atoms with Gasteiger partial charge in [0.25, 0.3) is 0 Å². The van der Waals surface area contributed by atoms with Crippen LogP contribution in [0.4, 0.5) is 22.1 Å². The molecule has 0 aliphatic rings. The molecule has 8 heteroatoms. The number of carbonyl (C=O) groups is 1. The van der Waals surface area contributed by atoms with Crippen LogP contribution in [0.1, 0.15) is 31.9 Å². The van der Waals surface area contributed by atoms with E-state index in [1.165, 1.54) is 6.92 Å². The number of hydrogen-bond donors (Lipinski definition) is 1. The molecule has 1 amide bonds. The summed E-state index contributed by atoms with van der Waals surface area (Å²) in [4.78, 5) is 11.5. The molecule has 0 heterocycles. The van der Waals surface area contributed by atoms with Gasteiger partial charge in [-0.15, -0.1) is 0 Å². The highest BCUT2D eigenvalue weighted by Crippen LogP contribution is 2.16. The fourth-order valence-corrected chi connectivity index (χ4v) is 1.67. The van der Waals surface area contributed by atoms with Crippen molar-refractivity contribution in [3.8, 4) is 0 Å². The van der Waals surface area contributed by atoms with E-state index in [2.05, 4.69) is 5.32 Å². The first-order valence-electron chi connectivity index (χ1n) is 6.36. The smallest absolute Gasteiger partial charge is 0.445 e. The van der Waals surface area contributed by atoms with Gasteiger partial charge < -0.3 is 23.0 Å². The molecule has 0 aliphatic heterocycles. The lowest BCUT2D eigenvalue weighted by Crippen LogP contribution is -2.37. The number of benzene rings is 1. The lowest BCUT2D eigenvalue weighted by Gasteiger charge is -2.21. The molecule has 0 radical (unpaired) electrons. The van der Waals surface area contributed by atoms with Crippen molar-refractivity contribution in [2.45, 2.75) is 39.8 Å². The fraction of sp³-hybridized carbons (Fsp3) is 0.462. The summed E-state index contributed by atoms with van der Waals surface area (Å²) in [6.07, 6.45) is -0.716. The summed E-state index contributed by atoms with van der Waals surface area (Å²) in [6.45, 7) is 0.957. The highest BCUT2D eigenvalue weighted by atomic mass is 19.4. The van der Waals surface area contributed by atoms with Crippen LogP contribution in [0.5, 0.6) is 0 Å². The van der Waals surface area contributed by atoms with Gasteiger partial charge in [-0.05, 0) is 44.9 Å². The number of carbonyl (C=O) groups excluding carboxylic acids is 1. The Bertz CT molecular complexity index is 538. The molecule has 1 N–H and O–H groups in total. The van der Waals surface area contributed by atoms with E-state index in [-0.39, 0.29) is 17.7 Å². The largest absolute Gasteiger partial charge is 0.512 e. The molecule has 0 aliphatic carbocycles. The van der Waals surface area contributed by atoms with E-state index in [1.54, 1.807) is 20.8 Å². The van der Waals surface area contributed by atoms with E-state index in [0.29, 0.717) is 0 Å². The van der Waals surface area contributed by atoms with Gasteiger partial charge in [-0.25, -0.2) is 9.18 Å². The molecule has 0 spiro atoms. The van der Waals surface area contributed by atoms with E-state index < -0.39 is 30.0 Å². The third-order valence-electron chi connectivity index (χ3n) is 2.63. The first-order valence-corrected chi connectivity index (χ1v) is 6.36. The molecule has 0 fully saturated rings. The summed E-state index contributed by atoms with van der Waals surface area (Å²) in [7, 11) is 0. The maximum Gasteiger partial charge on any atom is 0.512 e. The molecule has 3 nitrogen and oxygen atoms in total. The van der Waals surface area contributed by atoms with E-state index in [0.717, 1.165) is 12.1 Å². The Balaban J connectivity index is 2.82. The summed E-state index contributed by atoms with van der Waals surface area (Å²) in [5.41, 5.74) is -1.43. The lowest BCUT2D eigenvalue weighted by atomic mass is 9.78. The average Bonchev–Trinajstić information content (AvgIpc) is 2.26. The van der Waals surface area contributed by atoms with Crippen LogP contribution in [-0.2, 0) is 11.3 Å². The second kappa shape index (κ2) is 5.95. The molecule has 0 bridgehead atoms. The molecule has 1 rings (SSSR count). The monoisotopic (exact) mass is 306 g/mol.